The van der Waals surface area contributed by atoms with E-state index >= 15 is 0 Å². The molecule has 0 N–H and O–H groups in total. The molecule has 0 heterocycles. The highest BCUT2D eigenvalue weighted by molar-refractivity contribution is 5.97. The quantitative estimate of drug-likeness (QED) is 0.176. The van der Waals surface area contributed by atoms with E-state index in [1.54, 1.807) is 0 Å². The van der Waals surface area contributed by atoms with Gasteiger partial charge in [0.1, 0.15) is 0 Å². The first-order valence-corrected chi connectivity index (χ1v) is 16.1. The number of rotatable bonds is 7. The Bertz CT molecular complexity index is 2280. The largest absolute Gasteiger partial charge is 0.310 e. The maximum absolute atomic E-state index is 2.34. The topological polar surface area (TPSA) is 3.24 Å². The number of hydrogen-bond donors (Lipinski definition) is 0. The number of para-hydroxylation sites is 1. The van der Waals surface area contributed by atoms with Crippen LogP contribution in [0, 0.1) is 0 Å². The molecule has 8 rings (SSSR count). The average Bonchev–Trinajstić information content (AvgIpc) is 3.16. The third-order valence-corrected chi connectivity index (χ3v) is 8.84. The van der Waals surface area contributed by atoms with Crippen molar-refractivity contribution in [3.8, 4) is 44.5 Å². The fourth-order valence-corrected chi connectivity index (χ4v) is 6.50. The van der Waals surface area contributed by atoms with E-state index in [4.69, 9.17) is 0 Å². The first kappa shape index (κ1) is 28.3. The maximum atomic E-state index is 2.34. The van der Waals surface area contributed by atoms with Crippen LogP contribution in [0.25, 0.3) is 55.3 Å². The summed E-state index contributed by atoms with van der Waals surface area (Å²) in [6.07, 6.45) is 0. The van der Waals surface area contributed by atoms with Crippen LogP contribution in [0.4, 0.5) is 17.1 Å². The monoisotopic (exact) mass is 599 g/mol. The predicted molar refractivity (Wildman–Crippen MR) is 200 cm³/mol. The van der Waals surface area contributed by atoms with E-state index in [0.29, 0.717) is 0 Å². The Morgan fingerprint density at radius 2 is 0.702 bits per heavy atom. The van der Waals surface area contributed by atoms with Gasteiger partial charge < -0.3 is 4.90 Å². The number of fused-ring (bicyclic) bond motifs is 1. The molecule has 1 heteroatoms. The summed E-state index contributed by atoms with van der Waals surface area (Å²) >= 11 is 0. The van der Waals surface area contributed by atoms with E-state index in [1.165, 1.54) is 55.3 Å². The summed E-state index contributed by atoms with van der Waals surface area (Å²) in [6.45, 7) is 0. The minimum Gasteiger partial charge on any atom is -0.310 e. The first-order chi connectivity index (χ1) is 23.3. The predicted octanol–water partition coefficient (Wildman–Crippen LogP) is 13.0. The van der Waals surface area contributed by atoms with Crippen molar-refractivity contribution < 1.29 is 0 Å². The zero-order valence-electron chi connectivity index (χ0n) is 26.0. The van der Waals surface area contributed by atoms with Gasteiger partial charge in [0, 0.05) is 17.1 Å². The van der Waals surface area contributed by atoms with Crippen molar-refractivity contribution in [1.82, 2.24) is 0 Å². The molecule has 0 saturated carbocycles. The molecule has 0 spiro atoms. The molecule has 0 saturated heterocycles. The number of nitrogens with zero attached hydrogens (tertiary/aromatic N) is 1. The second-order valence-electron chi connectivity index (χ2n) is 11.8. The van der Waals surface area contributed by atoms with Crippen LogP contribution < -0.4 is 4.90 Å². The molecule has 0 unspecified atom stereocenters. The lowest BCUT2D eigenvalue weighted by molar-refractivity contribution is 1.28. The van der Waals surface area contributed by atoms with Gasteiger partial charge >= 0.3 is 0 Å². The molecule has 0 bridgehead atoms. The van der Waals surface area contributed by atoms with E-state index in [9.17, 15) is 0 Å². The van der Waals surface area contributed by atoms with Crippen molar-refractivity contribution in [3.63, 3.8) is 0 Å². The summed E-state index contributed by atoms with van der Waals surface area (Å²) < 4.78 is 0. The van der Waals surface area contributed by atoms with Crippen LogP contribution in [0.15, 0.2) is 200 Å². The molecule has 0 aliphatic carbocycles. The number of anilines is 3. The minimum atomic E-state index is 1.11. The molecule has 8 aromatic carbocycles. The molecule has 8 aromatic rings. The van der Waals surface area contributed by atoms with Gasteiger partial charge in [-0.1, -0.05) is 152 Å². The molecule has 1 nitrogen and oxygen atoms in total. The van der Waals surface area contributed by atoms with Gasteiger partial charge in [0.05, 0.1) is 0 Å². The van der Waals surface area contributed by atoms with Crippen molar-refractivity contribution in [1.29, 1.82) is 0 Å². The van der Waals surface area contributed by atoms with Gasteiger partial charge in [-0.3, -0.25) is 0 Å². The smallest absolute Gasteiger partial charge is 0.0467 e. The summed E-state index contributed by atoms with van der Waals surface area (Å²) in [5.41, 5.74) is 13.0. The SMILES string of the molecule is c1ccc(-c2cccc(-c3ccc(N(c4ccccc4)c4cccc(-c5cccc(-c6cccc7ccccc67)c5)c4)cc3)c2)cc1. The first-order valence-electron chi connectivity index (χ1n) is 16.1. The molecule has 47 heavy (non-hydrogen) atoms. The van der Waals surface area contributed by atoms with Crippen LogP contribution in [-0.4, -0.2) is 0 Å². The molecule has 0 atom stereocenters. The van der Waals surface area contributed by atoms with Crippen molar-refractivity contribution in [3.05, 3.63) is 200 Å². The summed E-state index contributed by atoms with van der Waals surface area (Å²) in [5, 5.41) is 2.53. The molecule has 0 amide bonds. The molecular weight excluding hydrogens is 567 g/mol. The lowest BCUT2D eigenvalue weighted by Crippen LogP contribution is -2.09. The van der Waals surface area contributed by atoms with Crippen LogP contribution >= 0.6 is 0 Å². The molecular formula is C46H33N. The van der Waals surface area contributed by atoms with Crippen LogP contribution in [0.5, 0.6) is 0 Å². The third-order valence-electron chi connectivity index (χ3n) is 8.84. The molecule has 0 aromatic heterocycles. The van der Waals surface area contributed by atoms with E-state index < -0.39 is 0 Å². The Hall–Kier alpha value is -6.18. The summed E-state index contributed by atoms with van der Waals surface area (Å²) in [6, 6.07) is 71.8. The molecule has 0 aliphatic heterocycles. The average molecular weight is 600 g/mol. The van der Waals surface area contributed by atoms with Gasteiger partial charge in [-0.25, -0.2) is 0 Å². The van der Waals surface area contributed by atoms with Gasteiger partial charge in [0.25, 0.3) is 0 Å². The molecule has 0 aliphatic rings. The zero-order chi connectivity index (χ0) is 31.4. The van der Waals surface area contributed by atoms with E-state index in [2.05, 4.69) is 205 Å². The lowest BCUT2D eigenvalue weighted by Gasteiger charge is -2.26. The highest BCUT2D eigenvalue weighted by Crippen LogP contribution is 2.38. The van der Waals surface area contributed by atoms with Gasteiger partial charge in [-0.15, -0.1) is 0 Å². The zero-order valence-corrected chi connectivity index (χ0v) is 26.0. The van der Waals surface area contributed by atoms with Crippen LogP contribution in [0.2, 0.25) is 0 Å². The van der Waals surface area contributed by atoms with Crippen LogP contribution in [0.1, 0.15) is 0 Å². The normalized spacial score (nSPS) is 11.0. The van der Waals surface area contributed by atoms with Crippen molar-refractivity contribution >= 4 is 27.8 Å². The summed E-state index contributed by atoms with van der Waals surface area (Å²) in [5.74, 6) is 0. The molecule has 222 valence electrons. The van der Waals surface area contributed by atoms with Crippen molar-refractivity contribution in [2.45, 2.75) is 0 Å². The standard InChI is InChI=1S/C46H33N/c1-3-13-34(14-4-1)37-17-9-18-38(31-37)35-27-29-43(30-28-35)47(42-22-5-2-6-23-42)44-24-11-20-40(33-44)39-19-10-21-41(32-39)46-26-12-16-36-15-7-8-25-45(36)46/h1-33H. The summed E-state index contributed by atoms with van der Waals surface area (Å²) in [4.78, 5) is 2.34. The summed E-state index contributed by atoms with van der Waals surface area (Å²) in [7, 11) is 0. The highest BCUT2D eigenvalue weighted by Gasteiger charge is 2.14. The van der Waals surface area contributed by atoms with Crippen LogP contribution in [0.3, 0.4) is 0 Å². The maximum Gasteiger partial charge on any atom is 0.0467 e. The number of benzene rings is 8. The Labute approximate surface area is 276 Å². The van der Waals surface area contributed by atoms with Crippen LogP contribution in [-0.2, 0) is 0 Å². The minimum absolute atomic E-state index is 1.11. The Balaban J connectivity index is 1.15. The molecule has 0 radical (unpaired) electrons. The Morgan fingerprint density at radius 3 is 1.45 bits per heavy atom. The van der Waals surface area contributed by atoms with Gasteiger partial charge in [-0.2, -0.15) is 0 Å². The fraction of sp³-hybridized carbons (Fsp3) is 0. The highest BCUT2D eigenvalue weighted by atomic mass is 15.1. The van der Waals surface area contributed by atoms with Gasteiger partial charge in [0.2, 0.25) is 0 Å². The second-order valence-corrected chi connectivity index (χ2v) is 11.8. The van der Waals surface area contributed by atoms with Crippen molar-refractivity contribution in [2.24, 2.45) is 0 Å². The third kappa shape index (κ3) is 5.83. The van der Waals surface area contributed by atoms with E-state index in [-0.39, 0.29) is 0 Å². The van der Waals surface area contributed by atoms with Gasteiger partial charge in [0.15, 0.2) is 0 Å². The molecule has 0 fully saturated rings. The van der Waals surface area contributed by atoms with E-state index in [0.717, 1.165) is 17.1 Å². The lowest BCUT2D eigenvalue weighted by atomic mass is 9.95. The van der Waals surface area contributed by atoms with Crippen molar-refractivity contribution in [2.75, 3.05) is 4.90 Å². The second kappa shape index (κ2) is 12.7. The van der Waals surface area contributed by atoms with Gasteiger partial charge in [-0.05, 0) is 104 Å². The number of hydrogen-bond acceptors (Lipinski definition) is 1. The van der Waals surface area contributed by atoms with E-state index in [1.807, 2.05) is 0 Å². The Kier molecular flexibility index (Phi) is 7.63. The fourth-order valence-electron chi connectivity index (χ4n) is 6.50. The Morgan fingerprint density at radius 1 is 0.255 bits per heavy atom.